The van der Waals surface area contributed by atoms with Crippen molar-refractivity contribution in [3.63, 3.8) is 0 Å². The first kappa shape index (κ1) is 22.1. The standard InChI is InChI=1S/C18H34O5/c1-2-3-8-12-16(20)17(21)14-15(19)11-9-6-4-5-7-10-13-18(22)23/h15-16,19-20H,2-14H2,1H3,(H,22,23). The van der Waals surface area contributed by atoms with Gasteiger partial charge in [0.1, 0.15) is 6.10 Å². The van der Waals surface area contributed by atoms with Crippen LogP contribution in [0.4, 0.5) is 0 Å². The molecule has 0 aliphatic heterocycles. The molecular weight excluding hydrogens is 296 g/mol. The molecule has 5 nitrogen and oxygen atoms in total. The molecule has 0 aromatic heterocycles. The summed E-state index contributed by atoms with van der Waals surface area (Å²) in [6.07, 6.45) is 8.24. The van der Waals surface area contributed by atoms with E-state index >= 15 is 0 Å². The summed E-state index contributed by atoms with van der Waals surface area (Å²) >= 11 is 0. The van der Waals surface area contributed by atoms with Crippen LogP contribution in [-0.4, -0.2) is 39.3 Å². The van der Waals surface area contributed by atoms with E-state index in [0.717, 1.165) is 57.8 Å². The van der Waals surface area contributed by atoms with Gasteiger partial charge in [-0.25, -0.2) is 0 Å². The summed E-state index contributed by atoms with van der Waals surface area (Å²) in [7, 11) is 0. The third kappa shape index (κ3) is 14.4. The Bertz CT molecular complexity index is 317. The molecule has 0 saturated carbocycles. The third-order valence-corrected chi connectivity index (χ3v) is 4.07. The van der Waals surface area contributed by atoms with Crippen molar-refractivity contribution in [1.29, 1.82) is 0 Å². The Morgan fingerprint density at radius 1 is 0.826 bits per heavy atom. The number of aliphatic carboxylic acids is 1. The third-order valence-electron chi connectivity index (χ3n) is 4.07. The smallest absolute Gasteiger partial charge is 0.303 e. The Balaban J connectivity index is 3.53. The highest BCUT2D eigenvalue weighted by atomic mass is 16.4. The average Bonchev–Trinajstić information content (AvgIpc) is 2.49. The maximum atomic E-state index is 11.8. The van der Waals surface area contributed by atoms with Gasteiger partial charge in [0, 0.05) is 12.8 Å². The van der Waals surface area contributed by atoms with Crippen molar-refractivity contribution in [3.8, 4) is 0 Å². The first-order chi connectivity index (χ1) is 11.0. The molecule has 0 amide bonds. The second-order valence-corrected chi connectivity index (χ2v) is 6.39. The zero-order valence-electron chi connectivity index (χ0n) is 14.5. The van der Waals surface area contributed by atoms with Gasteiger partial charge in [-0.15, -0.1) is 0 Å². The van der Waals surface area contributed by atoms with E-state index in [9.17, 15) is 19.8 Å². The van der Waals surface area contributed by atoms with Gasteiger partial charge in [-0.1, -0.05) is 58.3 Å². The molecule has 0 bridgehead atoms. The molecule has 0 spiro atoms. The van der Waals surface area contributed by atoms with Crippen LogP contribution >= 0.6 is 0 Å². The summed E-state index contributed by atoms with van der Waals surface area (Å²) < 4.78 is 0. The summed E-state index contributed by atoms with van der Waals surface area (Å²) in [5.41, 5.74) is 0. The second kappa shape index (κ2) is 14.6. The SMILES string of the molecule is CCCCCC(O)C(=O)CC(O)CCCCCCCCC(=O)O. The van der Waals surface area contributed by atoms with E-state index < -0.39 is 18.2 Å². The van der Waals surface area contributed by atoms with Gasteiger partial charge < -0.3 is 15.3 Å². The van der Waals surface area contributed by atoms with Crippen molar-refractivity contribution in [1.82, 2.24) is 0 Å². The van der Waals surface area contributed by atoms with Gasteiger partial charge in [0.25, 0.3) is 0 Å². The zero-order chi connectivity index (χ0) is 17.5. The lowest BCUT2D eigenvalue weighted by atomic mass is 9.99. The quantitative estimate of drug-likeness (QED) is 0.377. The number of hydrogen-bond donors (Lipinski definition) is 3. The van der Waals surface area contributed by atoms with Crippen LogP contribution in [0.3, 0.4) is 0 Å². The van der Waals surface area contributed by atoms with E-state index in [0.29, 0.717) is 12.8 Å². The highest BCUT2D eigenvalue weighted by Crippen LogP contribution is 2.13. The Hall–Kier alpha value is -0.940. The molecule has 0 aliphatic carbocycles. The molecule has 3 N–H and O–H groups in total. The first-order valence-corrected chi connectivity index (χ1v) is 9.08. The Labute approximate surface area is 140 Å². The molecule has 0 aromatic carbocycles. The molecule has 136 valence electrons. The molecule has 0 aromatic rings. The van der Waals surface area contributed by atoms with Gasteiger partial charge in [0.2, 0.25) is 0 Å². The molecule has 0 radical (unpaired) electrons. The van der Waals surface area contributed by atoms with E-state index in [2.05, 4.69) is 6.92 Å². The number of carbonyl (C=O) groups is 2. The number of ketones is 1. The lowest BCUT2D eigenvalue weighted by Crippen LogP contribution is -2.25. The molecule has 23 heavy (non-hydrogen) atoms. The lowest BCUT2D eigenvalue weighted by molar-refractivity contribution is -0.137. The molecule has 2 atom stereocenters. The van der Waals surface area contributed by atoms with Crippen LogP contribution in [0.25, 0.3) is 0 Å². The average molecular weight is 330 g/mol. The van der Waals surface area contributed by atoms with Gasteiger partial charge in [-0.2, -0.15) is 0 Å². The van der Waals surface area contributed by atoms with Crippen LogP contribution in [-0.2, 0) is 9.59 Å². The van der Waals surface area contributed by atoms with Gasteiger partial charge in [-0.3, -0.25) is 9.59 Å². The molecule has 0 saturated heterocycles. The normalized spacial score (nSPS) is 13.7. The van der Waals surface area contributed by atoms with Crippen molar-refractivity contribution >= 4 is 11.8 Å². The number of Topliss-reactive ketones (excluding diaryl/α,β-unsaturated/α-hetero) is 1. The van der Waals surface area contributed by atoms with E-state index in [1.807, 2.05) is 0 Å². The fourth-order valence-electron chi connectivity index (χ4n) is 2.58. The summed E-state index contributed by atoms with van der Waals surface area (Å²) in [4.78, 5) is 22.1. The molecule has 0 fully saturated rings. The molecule has 5 heteroatoms. The van der Waals surface area contributed by atoms with Crippen molar-refractivity contribution in [2.45, 2.75) is 103 Å². The van der Waals surface area contributed by atoms with E-state index in [-0.39, 0.29) is 18.6 Å². The number of unbranched alkanes of at least 4 members (excludes halogenated alkanes) is 7. The first-order valence-electron chi connectivity index (χ1n) is 9.08. The molecule has 0 aliphatic rings. The number of aliphatic hydroxyl groups is 2. The molecule has 2 unspecified atom stereocenters. The minimum atomic E-state index is -0.926. The fourth-order valence-corrected chi connectivity index (χ4v) is 2.58. The Morgan fingerprint density at radius 3 is 2.00 bits per heavy atom. The largest absolute Gasteiger partial charge is 0.481 e. The van der Waals surface area contributed by atoms with Crippen LogP contribution < -0.4 is 0 Å². The van der Waals surface area contributed by atoms with Gasteiger partial charge in [0.15, 0.2) is 5.78 Å². The van der Waals surface area contributed by atoms with E-state index in [4.69, 9.17) is 5.11 Å². The number of carboxylic acid groups (broad SMARTS) is 1. The Kier molecular flexibility index (Phi) is 14.0. The van der Waals surface area contributed by atoms with Crippen molar-refractivity contribution < 1.29 is 24.9 Å². The number of carbonyl (C=O) groups excluding carboxylic acids is 1. The highest BCUT2D eigenvalue weighted by Gasteiger charge is 2.18. The lowest BCUT2D eigenvalue weighted by Gasteiger charge is -2.13. The van der Waals surface area contributed by atoms with E-state index in [1.165, 1.54) is 0 Å². The van der Waals surface area contributed by atoms with Crippen molar-refractivity contribution in [3.05, 3.63) is 0 Å². The summed E-state index contributed by atoms with van der Waals surface area (Å²) in [6.45, 7) is 2.07. The fraction of sp³-hybridized carbons (Fsp3) is 0.889. The number of hydrogen-bond acceptors (Lipinski definition) is 4. The van der Waals surface area contributed by atoms with Gasteiger partial charge in [0.05, 0.1) is 6.10 Å². The minimum Gasteiger partial charge on any atom is -0.481 e. The molecule has 0 rings (SSSR count). The number of carboxylic acids is 1. The van der Waals surface area contributed by atoms with Crippen LogP contribution in [0.15, 0.2) is 0 Å². The minimum absolute atomic E-state index is 0.0475. The molecular formula is C18H34O5. The van der Waals surface area contributed by atoms with Crippen LogP contribution in [0.2, 0.25) is 0 Å². The van der Waals surface area contributed by atoms with E-state index in [1.54, 1.807) is 0 Å². The summed E-state index contributed by atoms with van der Waals surface area (Å²) in [5.74, 6) is -0.989. The molecule has 0 heterocycles. The van der Waals surface area contributed by atoms with Gasteiger partial charge in [-0.05, 0) is 19.3 Å². The monoisotopic (exact) mass is 330 g/mol. The van der Waals surface area contributed by atoms with Crippen molar-refractivity contribution in [2.75, 3.05) is 0 Å². The second-order valence-electron chi connectivity index (χ2n) is 6.39. The van der Waals surface area contributed by atoms with Crippen LogP contribution in [0, 0.1) is 0 Å². The highest BCUT2D eigenvalue weighted by molar-refractivity contribution is 5.83. The zero-order valence-corrected chi connectivity index (χ0v) is 14.5. The summed E-state index contributed by atoms with van der Waals surface area (Å²) in [5, 5.41) is 28.1. The maximum absolute atomic E-state index is 11.8. The van der Waals surface area contributed by atoms with Crippen LogP contribution in [0.5, 0.6) is 0 Å². The van der Waals surface area contributed by atoms with Crippen molar-refractivity contribution in [2.24, 2.45) is 0 Å². The van der Waals surface area contributed by atoms with Crippen LogP contribution in [0.1, 0.15) is 90.4 Å². The topological polar surface area (TPSA) is 94.8 Å². The Morgan fingerprint density at radius 2 is 1.39 bits per heavy atom. The maximum Gasteiger partial charge on any atom is 0.303 e. The predicted octanol–water partition coefficient (Wildman–Crippen LogP) is 3.45. The summed E-state index contributed by atoms with van der Waals surface area (Å²) in [6, 6.07) is 0. The number of rotatable bonds is 16. The predicted molar refractivity (Wildman–Crippen MR) is 90.4 cm³/mol. The number of aliphatic hydroxyl groups excluding tert-OH is 2. The van der Waals surface area contributed by atoms with Gasteiger partial charge >= 0.3 is 5.97 Å².